The van der Waals surface area contributed by atoms with E-state index in [2.05, 4.69) is 9.97 Å². The largest absolute Gasteiger partial charge is 0.454 e. The van der Waals surface area contributed by atoms with Gasteiger partial charge in [-0.2, -0.15) is 0 Å². The summed E-state index contributed by atoms with van der Waals surface area (Å²) in [5.41, 5.74) is 1.77. The molecular weight excluding hydrogens is 350 g/mol. The van der Waals surface area contributed by atoms with Crippen molar-refractivity contribution in [1.29, 1.82) is 0 Å². The number of amides is 1. The molecule has 0 saturated heterocycles. The van der Waals surface area contributed by atoms with E-state index < -0.39 is 0 Å². The molecule has 7 heteroatoms. The zero-order chi connectivity index (χ0) is 17.9. The molecule has 0 radical (unpaired) electrons. The molecule has 4 rings (SSSR count). The molecule has 0 saturated carbocycles. The Hall–Kier alpha value is -2.93. The predicted molar refractivity (Wildman–Crippen MR) is 98.3 cm³/mol. The van der Waals surface area contributed by atoms with Gasteiger partial charge in [-0.3, -0.25) is 9.78 Å². The minimum atomic E-state index is -0.0372. The molecule has 0 fully saturated rings. The fourth-order valence-electron chi connectivity index (χ4n) is 2.72. The number of thiazole rings is 1. The standard InChI is InChI=1S/C19H17N3O3S/c1-2-22(11-13-6-7-15-16(9-13)25-12-24-15)19(23)17-10-21-18(26-17)14-5-3-4-8-20-14/h3-10H,2,11-12H2,1H3. The zero-order valence-corrected chi connectivity index (χ0v) is 15.0. The third-order valence-electron chi connectivity index (χ3n) is 4.08. The van der Waals surface area contributed by atoms with E-state index in [9.17, 15) is 4.79 Å². The van der Waals surface area contributed by atoms with Gasteiger partial charge in [0.15, 0.2) is 11.5 Å². The Kier molecular flexibility index (Phi) is 4.53. The number of pyridine rings is 1. The molecule has 0 N–H and O–H groups in total. The first kappa shape index (κ1) is 16.5. The van der Waals surface area contributed by atoms with Crippen molar-refractivity contribution in [3.8, 4) is 22.2 Å². The van der Waals surface area contributed by atoms with Crippen LogP contribution in [0, 0.1) is 0 Å². The Labute approximate surface area is 155 Å². The van der Waals surface area contributed by atoms with Crippen molar-refractivity contribution in [2.75, 3.05) is 13.3 Å². The maximum absolute atomic E-state index is 12.9. The Morgan fingerprint density at radius 2 is 2.08 bits per heavy atom. The van der Waals surface area contributed by atoms with Crippen molar-refractivity contribution >= 4 is 17.2 Å². The van der Waals surface area contributed by atoms with Crippen LogP contribution in [0.4, 0.5) is 0 Å². The Morgan fingerprint density at radius 1 is 1.19 bits per heavy atom. The molecule has 0 atom stereocenters. The van der Waals surface area contributed by atoms with Gasteiger partial charge in [-0.05, 0) is 36.8 Å². The minimum Gasteiger partial charge on any atom is -0.454 e. The number of benzene rings is 1. The average Bonchev–Trinajstić information content (AvgIpc) is 3.35. The van der Waals surface area contributed by atoms with E-state index >= 15 is 0 Å². The third kappa shape index (κ3) is 3.25. The van der Waals surface area contributed by atoms with E-state index in [4.69, 9.17) is 9.47 Å². The van der Waals surface area contributed by atoms with Crippen LogP contribution in [0.3, 0.4) is 0 Å². The molecule has 0 aliphatic carbocycles. The topological polar surface area (TPSA) is 64.6 Å². The molecule has 132 valence electrons. The van der Waals surface area contributed by atoms with Gasteiger partial charge in [0.2, 0.25) is 6.79 Å². The minimum absolute atomic E-state index is 0.0372. The second-order valence-electron chi connectivity index (χ2n) is 5.75. The molecule has 2 aromatic heterocycles. The quantitative estimate of drug-likeness (QED) is 0.689. The lowest BCUT2D eigenvalue weighted by Gasteiger charge is -2.20. The van der Waals surface area contributed by atoms with E-state index in [0.717, 1.165) is 27.8 Å². The van der Waals surface area contributed by atoms with Gasteiger partial charge >= 0.3 is 0 Å². The van der Waals surface area contributed by atoms with Crippen LogP contribution in [0.15, 0.2) is 48.8 Å². The summed E-state index contributed by atoms with van der Waals surface area (Å²) in [5.74, 6) is 1.43. The molecule has 1 aromatic carbocycles. The number of carbonyl (C=O) groups excluding carboxylic acids is 1. The summed E-state index contributed by atoms with van der Waals surface area (Å²) in [7, 11) is 0. The zero-order valence-electron chi connectivity index (χ0n) is 14.2. The first-order chi connectivity index (χ1) is 12.7. The van der Waals surface area contributed by atoms with Gasteiger partial charge in [0, 0.05) is 19.3 Å². The van der Waals surface area contributed by atoms with Crippen LogP contribution in [0.25, 0.3) is 10.7 Å². The van der Waals surface area contributed by atoms with Crippen molar-refractivity contribution in [3.63, 3.8) is 0 Å². The second kappa shape index (κ2) is 7.13. The monoisotopic (exact) mass is 367 g/mol. The molecule has 6 nitrogen and oxygen atoms in total. The molecule has 3 aromatic rings. The van der Waals surface area contributed by atoms with E-state index in [1.54, 1.807) is 17.3 Å². The summed E-state index contributed by atoms with van der Waals surface area (Å²) in [5, 5.41) is 0.744. The van der Waals surface area contributed by atoms with Crippen LogP contribution in [-0.4, -0.2) is 34.1 Å². The average molecular weight is 367 g/mol. The number of carbonyl (C=O) groups is 1. The van der Waals surface area contributed by atoms with E-state index in [1.807, 2.05) is 43.3 Å². The number of aromatic nitrogens is 2. The molecule has 26 heavy (non-hydrogen) atoms. The highest BCUT2D eigenvalue weighted by molar-refractivity contribution is 7.16. The lowest BCUT2D eigenvalue weighted by molar-refractivity contribution is 0.0757. The molecule has 0 spiro atoms. The van der Waals surface area contributed by atoms with Gasteiger partial charge in [-0.1, -0.05) is 12.1 Å². The molecule has 3 heterocycles. The molecule has 1 aliphatic rings. The number of ether oxygens (including phenoxy) is 2. The van der Waals surface area contributed by atoms with Crippen LogP contribution in [0.2, 0.25) is 0 Å². The third-order valence-corrected chi connectivity index (χ3v) is 5.09. The number of hydrogen-bond donors (Lipinski definition) is 0. The van der Waals surface area contributed by atoms with E-state index in [1.165, 1.54) is 11.3 Å². The van der Waals surface area contributed by atoms with Crippen LogP contribution >= 0.6 is 11.3 Å². The maximum Gasteiger partial charge on any atom is 0.265 e. The Balaban J connectivity index is 1.51. The Bertz CT molecular complexity index is 927. The van der Waals surface area contributed by atoms with Gasteiger partial charge in [0.25, 0.3) is 5.91 Å². The summed E-state index contributed by atoms with van der Waals surface area (Å²) >= 11 is 1.36. The predicted octanol–water partition coefficient (Wildman–Crippen LogP) is 3.60. The molecule has 1 aliphatic heterocycles. The molecule has 0 unspecified atom stereocenters. The molecular formula is C19H17N3O3S. The van der Waals surface area contributed by atoms with Gasteiger partial charge in [-0.25, -0.2) is 4.98 Å². The van der Waals surface area contributed by atoms with Crippen molar-refractivity contribution in [2.45, 2.75) is 13.5 Å². The van der Waals surface area contributed by atoms with Crippen LogP contribution < -0.4 is 9.47 Å². The highest BCUT2D eigenvalue weighted by Crippen LogP contribution is 2.33. The highest BCUT2D eigenvalue weighted by atomic mass is 32.1. The van der Waals surface area contributed by atoms with Gasteiger partial charge in [0.1, 0.15) is 9.88 Å². The van der Waals surface area contributed by atoms with Gasteiger partial charge < -0.3 is 14.4 Å². The Morgan fingerprint density at radius 3 is 2.88 bits per heavy atom. The lowest BCUT2D eigenvalue weighted by Crippen LogP contribution is -2.29. The summed E-state index contributed by atoms with van der Waals surface area (Å²) in [6.45, 7) is 3.31. The number of nitrogens with zero attached hydrogens (tertiary/aromatic N) is 3. The molecule has 0 bridgehead atoms. The first-order valence-electron chi connectivity index (χ1n) is 8.29. The van der Waals surface area contributed by atoms with Crippen molar-refractivity contribution in [3.05, 3.63) is 59.2 Å². The van der Waals surface area contributed by atoms with Crippen LogP contribution in [-0.2, 0) is 6.54 Å². The van der Waals surface area contributed by atoms with Crippen LogP contribution in [0.5, 0.6) is 11.5 Å². The summed E-state index contributed by atoms with van der Waals surface area (Å²) in [4.78, 5) is 23.9. The second-order valence-corrected chi connectivity index (χ2v) is 6.78. The number of rotatable bonds is 5. The van der Waals surface area contributed by atoms with Gasteiger partial charge in [0.05, 0.1) is 11.9 Å². The van der Waals surface area contributed by atoms with E-state index in [0.29, 0.717) is 18.0 Å². The van der Waals surface area contributed by atoms with Crippen molar-refractivity contribution in [2.24, 2.45) is 0 Å². The SMILES string of the molecule is CCN(Cc1ccc2c(c1)OCO2)C(=O)c1cnc(-c2ccccn2)s1. The summed E-state index contributed by atoms with van der Waals surface area (Å²) < 4.78 is 10.7. The summed E-state index contributed by atoms with van der Waals surface area (Å²) in [6.07, 6.45) is 3.34. The highest BCUT2D eigenvalue weighted by Gasteiger charge is 2.20. The fourth-order valence-corrected chi connectivity index (χ4v) is 3.58. The maximum atomic E-state index is 12.9. The molecule has 1 amide bonds. The smallest absolute Gasteiger partial charge is 0.265 e. The first-order valence-corrected chi connectivity index (χ1v) is 9.11. The fraction of sp³-hybridized carbons (Fsp3) is 0.211. The van der Waals surface area contributed by atoms with E-state index in [-0.39, 0.29) is 12.7 Å². The van der Waals surface area contributed by atoms with Gasteiger partial charge in [-0.15, -0.1) is 11.3 Å². The van der Waals surface area contributed by atoms with Crippen molar-refractivity contribution in [1.82, 2.24) is 14.9 Å². The normalized spacial score (nSPS) is 12.2. The van der Waals surface area contributed by atoms with Crippen LogP contribution in [0.1, 0.15) is 22.2 Å². The number of hydrogen-bond acceptors (Lipinski definition) is 6. The van der Waals surface area contributed by atoms with Crippen molar-refractivity contribution < 1.29 is 14.3 Å². The number of fused-ring (bicyclic) bond motifs is 1. The lowest BCUT2D eigenvalue weighted by atomic mass is 10.2. The summed E-state index contributed by atoms with van der Waals surface area (Å²) in [6, 6.07) is 11.4.